The molecule has 22 heavy (non-hydrogen) atoms. The Kier molecular flexibility index (Phi) is 2.94. The van der Waals surface area contributed by atoms with E-state index in [1.54, 1.807) is 4.68 Å². The summed E-state index contributed by atoms with van der Waals surface area (Å²) in [5.74, 6) is 0.910. The normalized spacial score (nSPS) is 20.4. The Morgan fingerprint density at radius 1 is 1.27 bits per heavy atom. The van der Waals surface area contributed by atoms with Crippen LogP contribution >= 0.6 is 11.6 Å². The average Bonchev–Trinajstić information content (AvgIpc) is 2.86. The first-order valence-electron chi connectivity index (χ1n) is 7.14. The smallest absolute Gasteiger partial charge is 0.241 e. The van der Waals surface area contributed by atoms with Crippen LogP contribution in [0.25, 0.3) is 0 Å². The van der Waals surface area contributed by atoms with Gasteiger partial charge in [0.25, 0.3) is 0 Å². The number of carbonyl (C=O) groups excluding carboxylic acids is 1. The summed E-state index contributed by atoms with van der Waals surface area (Å²) in [5, 5.41) is 8.11. The van der Waals surface area contributed by atoms with Crippen LogP contribution in [0.3, 0.4) is 0 Å². The van der Waals surface area contributed by atoms with Gasteiger partial charge in [0, 0.05) is 22.7 Å². The number of nitrogen functional groups attached to an aromatic ring is 1. The van der Waals surface area contributed by atoms with E-state index < -0.39 is 0 Å². The zero-order valence-electron chi connectivity index (χ0n) is 11.7. The number of aromatic nitrogens is 3. The Labute approximate surface area is 132 Å². The van der Waals surface area contributed by atoms with Crippen LogP contribution in [0.5, 0.6) is 0 Å². The maximum atomic E-state index is 12.5. The molecule has 1 aliphatic heterocycles. The van der Waals surface area contributed by atoms with Crippen LogP contribution in [0.4, 0.5) is 11.9 Å². The van der Waals surface area contributed by atoms with Crippen LogP contribution in [0.15, 0.2) is 35.5 Å². The van der Waals surface area contributed by atoms with Crippen LogP contribution in [0.1, 0.15) is 30.9 Å². The minimum absolute atomic E-state index is 0.147. The van der Waals surface area contributed by atoms with Gasteiger partial charge in [-0.25, -0.2) is 4.68 Å². The number of halogens is 1. The van der Waals surface area contributed by atoms with Crippen molar-refractivity contribution in [3.05, 3.63) is 46.1 Å². The van der Waals surface area contributed by atoms with Crippen LogP contribution in [0, 0.1) is 0 Å². The van der Waals surface area contributed by atoms with Crippen molar-refractivity contribution in [2.24, 2.45) is 0 Å². The number of anilines is 2. The van der Waals surface area contributed by atoms with Gasteiger partial charge >= 0.3 is 0 Å². The van der Waals surface area contributed by atoms with Crippen LogP contribution in [-0.4, -0.2) is 20.5 Å². The van der Waals surface area contributed by atoms with Gasteiger partial charge in [-0.2, -0.15) is 4.98 Å². The molecule has 0 saturated carbocycles. The van der Waals surface area contributed by atoms with E-state index in [0.717, 1.165) is 29.7 Å². The molecule has 0 fully saturated rings. The maximum absolute atomic E-state index is 12.5. The van der Waals surface area contributed by atoms with Gasteiger partial charge in [0.2, 0.25) is 11.9 Å². The number of hydrogen-bond donors (Lipinski definition) is 2. The SMILES string of the molecule is Nc1nc2n(n1)C(c1ccc(Cl)cc1)C1=C(CCCC1=O)N2. The number of allylic oxidation sites excluding steroid dienone is 2. The van der Waals surface area contributed by atoms with E-state index in [1.165, 1.54) is 0 Å². The summed E-state index contributed by atoms with van der Waals surface area (Å²) in [6.07, 6.45) is 2.24. The largest absolute Gasteiger partial charge is 0.366 e. The average molecular weight is 316 g/mol. The summed E-state index contributed by atoms with van der Waals surface area (Å²) in [6, 6.07) is 7.14. The zero-order chi connectivity index (χ0) is 15.3. The molecule has 0 amide bonds. The van der Waals surface area contributed by atoms with Gasteiger partial charge in [0.1, 0.15) is 6.04 Å². The van der Waals surface area contributed by atoms with Crippen LogP contribution in [0.2, 0.25) is 5.02 Å². The highest BCUT2D eigenvalue weighted by Gasteiger charge is 2.36. The Balaban J connectivity index is 1.92. The number of benzene rings is 1. The predicted octanol–water partition coefficient (Wildman–Crippen LogP) is 2.54. The summed E-state index contributed by atoms with van der Waals surface area (Å²) in [6.45, 7) is 0. The molecule has 0 spiro atoms. The van der Waals surface area contributed by atoms with E-state index in [9.17, 15) is 4.79 Å². The Bertz CT molecular complexity index is 793. The minimum Gasteiger partial charge on any atom is -0.366 e. The molecule has 1 aromatic carbocycles. The number of nitrogens with two attached hydrogens (primary N) is 1. The van der Waals surface area contributed by atoms with E-state index in [0.29, 0.717) is 17.4 Å². The van der Waals surface area contributed by atoms with Gasteiger partial charge in [-0.3, -0.25) is 4.79 Å². The van der Waals surface area contributed by atoms with E-state index in [2.05, 4.69) is 15.4 Å². The number of Topliss-reactive ketones (excluding diaryl/α,β-unsaturated/α-hetero) is 1. The van der Waals surface area contributed by atoms with Crippen molar-refractivity contribution in [3.63, 3.8) is 0 Å². The molecular formula is C15H14ClN5O. The second-order valence-corrected chi connectivity index (χ2v) is 5.92. The lowest BCUT2D eigenvalue weighted by molar-refractivity contribution is -0.116. The summed E-state index contributed by atoms with van der Waals surface area (Å²) in [7, 11) is 0. The van der Waals surface area contributed by atoms with Gasteiger partial charge in [0.15, 0.2) is 5.78 Å². The highest BCUT2D eigenvalue weighted by Crippen LogP contribution is 2.40. The van der Waals surface area contributed by atoms with E-state index >= 15 is 0 Å². The minimum atomic E-state index is -0.305. The fourth-order valence-electron chi connectivity index (χ4n) is 3.13. The summed E-state index contributed by atoms with van der Waals surface area (Å²) >= 11 is 5.97. The highest BCUT2D eigenvalue weighted by molar-refractivity contribution is 6.30. The first-order chi connectivity index (χ1) is 10.6. The topological polar surface area (TPSA) is 85.8 Å². The van der Waals surface area contributed by atoms with Crippen molar-refractivity contribution in [3.8, 4) is 0 Å². The standard InChI is InChI=1S/C15H14ClN5O/c16-9-6-4-8(5-7-9)13-12-10(2-1-3-11(12)22)18-15-19-14(17)20-21(13)15/h4-7,13H,1-3H2,(H3,17,18,19,20). The molecule has 7 heteroatoms. The number of nitrogens with one attached hydrogen (secondary N) is 1. The summed E-state index contributed by atoms with van der Waals surface area (Å²) in [5.41, 5.74) is 8.37. The van der Waals surface area contributed by atoms with Crippen molar-refractivity contribution in [2.75, 3.05) is 11.1 Å². The number of carbonyl (C=O) groups is 1. The lowest BCUT2D eigenvalue weighted by Gasteiger charge is -2.32. The van der Waals surface area contributed by atoms with Gasteiger partial charge in [-0.15, -0.1) is 5.10 Å². The lowest BCUT2D eigenvalue weighted by Crippen LogP contribution is -2.31. The zero-order valence-corrected chi connectivity index (χ0v) is 12.5. The molecule has 1 unspecified atom stereocenters. The molecule has 1 atom stereocenters. The van der Waals surface area contributed by atoms with Crippen LogP contribution < -0.4 is 11.1 Å². The molecular weight excluding hydrogens is 302 g/mol. The third-order valence-electron chi connectivity index (χ3n) is 4.07. The molecule has 0 radical (unpaired) electrons. The highest BCUT2D eigenvalue weighted by atomic mass is 35.5. The molecule has 1 aromatic heterocycles. The third kappa shape index (κ3) is 1.99. The molecule has 112 valence electrons. The van der Waals surface area contributed by atoms with Crippen molar-refractivity contribution in [1.29, 1.82) is 0 Å². The van der Waals surface area contributed by atoms with Crippen molar-refractivity contribution < 1.29 is 4.79 Å². The second kappa shape index (κ2) is 4.84. The Morgan fingerprint density at radius 3 is 2.82 bits per heavy atom. The van der Waals surface area contributed by atoms with Crippen molar-refractivity contribution in [2.45, 2.75) is 25.3 Å². The van der Waals surface area contributed by atoms with Gasteiger partial charge < -0.3 is 11.1 Å². The number of fused-ring (bicyclic) bond motifs is 1. The maximum Gasteiger partial charge on any atom is 0.241 e. The van der Waals surface area contributed by atoms with Gasteiger partial charge in [0.05, 0.1) is 0 Å². The molecule has 0 saturated heterocycles. The number of hydrogen-bond acceptors (Lipinski definition) is 5. The summed E-state index contributed by atoms with van der Waals surface area (Å²) in [4.78, 5) is 16.7. The molecule has 4 rings (SSSR count). The first-order valence-corrected chi connectivity index (χ1v) is 7.52. The van der Waals surface area contributed by atoms with Gasteiger partial charge in [-0.05, 0) is 30.5 Å². The molecule has 2 aromatic rings. The number of rotatable bonds is 1. The molecule has 0 bridgehead atoms. The summed E-state index contributed by atoms with van der Waals surface area (Å²) < 4.78 is 1.68. The fourth-order valence-corrected chi connectivity index (χ4v) is 3.25. The van der Waals surface area contributed by atoms with E-state index in [-0.39, 0.29) is 17.8 Å². The van der Waals surface area contributed by atoms with Crippen molar-refractivity contribution >= 4 is 29.3 Å². The molecule has 2 aliphatic rings. The van der Waals surface area contributed by atoms with Crippen LogP contribution in [-0.2, 0) is 4.79 Å². The lowest BCUT2D eigenvalue weighted by atomic mass is 9.85. The fraction of sp³-hybridized carbons (Fsp3) is 0.267. The molecule has 1 aliphatic carbocycles. The Hall–Kier alpha value is -2.34. The van der Waals surface area contributed by atoms with E-state index in [1.807, 2.05) is 24.3 Å². The molecule has 2 heterocycles. The quantitative estimate of drug-likeness (QED) is 0.844. The Morgan fingerprint density at radius 2 is 2.05 bits per heavy atom. The monoisotopic (exact) mass is 315 g/mol. The predicted molar refractivity (Wildman–Crippen MR) is 83.5 cm³/mol. The number of ketones is 1. The third-order valence-corrected chi connectivity index (χ3v) is 4.32. The first kappa shape index (κ1) is 13.3. The number of nitrogens with zero attached hydrogens (tertiary/aromatic N) is 3. The van der Waals surface area contributed by atoms with E-state index in [4.69, 9.17) is 17.3 Å². The van der Waals surface area contributed by atoms with Crippen molar-refractivity contribution in [1.82, 2.24) is 14.8 Å². The molecule has 3 N–H and O–H groups in total. The molecule has 6 nitrogen and oxygen atoms in total. The second-order valence-electron chi connectivity index (χ2n) is 5.49. The van der Waals surface area contributed by atoms with Gasteiger partial charge in [-0.1, -0.05) is 23.7 Å².